The van der Waals surface area contributed by atoms with Crippen LogP contribution in [0.25, 0.3) is 10.9 Å². The van der Waals surface area contributed by atoms with Gasteiger partial charge in [-0.1, -0.05) is 26.0 Å². The van der Waals surface area contributed by atoms with Crippen LogP contribution in [-0.2, 0) is 11.2 Å². The van der Waals surface area contributed by atoms with Crippen LogP contribution in [0.5, 0.6) is 11.8 Å². The summed E-state index contributed by atoms with van der Waals surface area (Å²) in [5.74, 6) is 0.296. The first kappa shape index (κ1) is 26.8. The third-order valence-corrected chi connectivity index (χ3v) is 5.94. The van der Waals surface area contributed by atoms with Crippen molar-refractivity contribution in [2.45, 2.75) is 27.2 Å². The first-order chi connectivity index (χ1) is 18.5. The number of carbonyl (C=O) groups is 1. The Balaban J connectivity index is 1.42. The number of H-pyrrole nitrogens is 1. The Morgan fingerprint density at radius 2 is 1.84 bits per heavy atom. The van der Waals surface area contributed by atoms with E-state index < -0.39 is 5.82 Å². The van der Waals surface area contributed by atoms with Gasteiger partial charge in [-0.05, 0) is 55.9 Å². The minimum atomic E-state index is -0.614. The zero-order valence-electron chi connectivity index (χ0n) is 21.8. The highest BCUT2D eigenvalue weighted by atomic mass is 19.1. The van der Waals surface area contributed by atoms with E-state index in [-0.39, 0.29) is 24.2 Å². The topological polar surface area (TPSA) is 117 Å². The zero-order valence-corrected chi connectivity index (χ0v) is 21.8. The summed E-state index contributed by atoms with van der Waals surface area (Å²) >= 11 is 0. The van der Waals surface area contributed by atoms with Crippen molar-refractivity contribution in [1.82, 2.24) is 25.1 Å². The summed E-state index contributed by atoms with van der Waals surface area (Å²) in [5, 5.41) is 13.6. The highest BCUT2D eigenvalue weighted by molar-refractivity contribution is 6.01. The molecule has 0 saturated carbocycles. The molecule has 0 fully saturated rings. The van der Waals surface area contributed by atoms with E-state index >= 15 is 0 Å². The number of hydrogen-bond donors (Lipinski definition) is 3. The third kappa shape index (κ3) is 6.94. The normalized spacial score (nSPS) is 11.1. The van der Waals surface area contributed by atoms with Crippen LogP contribution in [-0.4, -0.2) is 63.8 Å². The van der Waals surface area contributed by atoms with Crippen molar-refractivity contribution in [3.63, 3.8) is 0 Å². The van der Waals surface area contributed by atoms with E-state index in [1.165, 1.54) is 0 Å². The Hall–Kier alpha value is -4.25. The number of benzene rings is 2. The van der Waals surface area contributed by atoms with E-state index in [9.17, 15) is 9.18 Å². The van der Waals surface area contributed by atoms with Gasteiger partial charge in [-0.2, -0.15) is 10.1 Å². The summed E-state index contributed by atoms with van der Waals surface area (Å²) < 4.78 is 25.5. The van der Waals surface area contributed by atoms with E-state index in [0.29, 0.717) is 30.1 Å². The number of anilines is 3. The maximum atomic E-state index is 14.5. The van der Waals surface area contributed by atoms with E-state index in [1.807, 2.05) is 31.2 Å². The third-order valence-electron chi connectivity index (χ3n) is 5.94. The molecule has 0 aliphatic carbocycles. The van der Waals surface area contributed by atoms with Crippen LogP contribution in [0.15, 0.2) is 48.7 Å². The predicted molar refractivity (Wildman–Crippen MR) is 145 cm³/mol. The molecule has 11 heteroatoms. The van der Waals surface area contributed by atoms with Gasteiger partial charge < -0.3 is 25.0 Å². The van der Waals surface area contributed by atoms with Gasteiger partial charge in [0.05, 0.1) is 24.7 Å². The smallest absolute Gasteiger partial charge is 0.318 e. The molecule has 38 heavy (non-hydrogen) atoms. The fourth-order valence-corrected chi connectivity index (χ4v) is 3.87. The molecule has 0 aliphatic heterocycles. The second kappa shape index (κ2) is 12.8. The quantitative estimate of drug-likeness (QED) is 0.235. The molecule has 4 aromatic rings. The highest BCUT2D eigenvalue weighted by Crippen LogP contribution is 2.27. The first-order valence-corrected chi connectivity index (χ1v) is 12.6. The molecule has 2 aromatic heterocycles. The fraction of sp³-hybridized carbons (Fsp3) is 0.333. The van der Waals surface area contributed by atoms with Gasteiger partial charge >= 0.3 is 6.01 Å². The van der Waals surface area contributed by atoms with Crippen molar-refractivity contribution < 1.29 is 18.7 Å². The zero-order chi connectivity index (χ0) is 26.9. The molecule has 3 N–H and O–H groups in total. The van der Waals surface area contributed by atoms with Crippen molar-refractivity contribution in [1.29, 1.82) is 0 Å². The molecule has 200 valence electrons. The number of ether oxygens (including phenoxy) is 2. The molecular weight excluding hydrogens is 489 g/mol. The fourth-order valence-electron chi connectivity index (χ4n) is 3.87. The van der Waals surface area contributed by atoms with Crippen LogP contribution in [0.3, 0.4) is 0 Å². The SMILES string of the molecule is CCOc1ccc(CC(=O)Nc2n[nH]c3ccc(Nc4nc(OCCN(CC)CC)ncc4F)cc23)cc1. The number of aromatic nitrogens is 4. The average molecular weight is 522 g/mol. The Bertz CT molecular complexity index is 1360. The molecule has 4 rings (SSSR count). The molecule has 0 bridgehead atoms. The molecule has 0 aliphatic rings. The number of amides is 1. The number of nitrogens with one attached hydrogen (secondary N) is 3. The summed E-state index contributed by atoms with van der Waals surface area (Å²) in [6.07, 6.45) is 1.26. The number of carbonyl (C=O) groups excluding carboxylic acids is 1. The van der Waals surface area contributed by atoms with Crippen LogP contribution < -0.4 is 20.1 Å². The number of aromatic amines is 1. The number of likely N-dealkylation sites (N-methyl/N-ethyl adjacent to an activating group) is 1. The van der Waals surface area contributed by atoms with Gasteiger partial charge in [-0.15, -0.1) is 0 Å². The van der Waals surface area contributed by atoms with Crippen LogP contribution in [0.1, 0.15) is 26.3 Å². The van der Waals surface area contributed by atoms with Crippen molar-refractivity contribution in [3.8, 4) is 11.8 Å². The second-order valence-electron chi connectivity index (χ2n) is 8.48. The molecule has 2 aromatic carbocycles. The summed E-state index contributed by atoms with van der Waals surface area (Å²) in [5.41, 5.74) is 2.13. The van der Waals surface area contributed by atoms with Gasteiger partial charge in [0.15, 0.2) is 17.5 Å². The van der Waals surface area contributed by atoms with Gasteiger partial charge in [0, 0.05) is 17.6 Å². The van der Waals surface area contributed by atoms with Crippen molar-refractivity contribution in [2.24, 2.45) is 0 Å². The lowest BCUT2D eigenvalue weighted by molar-refractivity contribution is -0.115. The lowest BCUT2D eigenvalue weighted by Crippen LogP contribution is -2.28. The van der Waals surface area contributed by atoms with Gasteiger partial charge in [-0.25, -0.2) is 9.37 Å². The molecule has 0 radical (unpaired) electrons. The van der Waals surface area contributed by atoms with E-state index in [2.05, 4.69) is 49.5 Å². The van der Waals surface area contributed by atoms with Gasteiger partial charge in [0.1, 0.15) is 12.4 Å². The van der Waals surface area contributed by atoms with Crippen LogP contribution >= 0.6 is 0 Å². The maximum Gasteiger partial charge on any atom is 0.318 e. The lowest BCUT2D eigenvalue weighted by Gasteiger charge is -2.17. The van der Waals surface area contributed by atoms with Crippen LogP contribution in [0, 0.1) is 5.82 Å². The monoisotopic (exact) mass is 521 g/mol. The van der Waals surface area contributed by atoms with Crippen LogP contribution in [0.2, 0.25) is 0 Å². The minimum Gasteiger partial charge on any atom is -0.494 e. The summed E-state index contributed by atoms with van der Waals surface area (Å²) in [4.78, 5) is 23.0. The number of rotatable bonds is 13. The predicted octanol–water partition coefficient (Wildman–Crippen LogP) is 4.54. The number of fused-ring (bicyclic) bond motifs is 1. The Labute approximate surface area is 220 Å². The van der Waals surface area contributed by atoms with Crippen molar-refractivity contribution in [3.05, 3.63) is 60.0 Å². The first-order valence-electron chi connectivity index (χ1n) is 12.6. The summed E-state index contributed by atoms with van der Waals surface area (Å²) in [6.45, 7) is 9.61. The molecular formula is C27H32FN7O3. The second-order valence-corrected chi connectivity index (χ2v) is 8.48. The Kier molecular flexibility index (Phi) is 9.04. The molecule has 0 atom stereocenters. The van der Waals surface area contributed by atoms with E-state index in [4.69, 9.17) is 9.47 Å². The van der Waals surface area contributed by atoms with Crippen molar-refractivity contribution >= 4 is 34.1 Å². The molecule has 0 unspecified atom stereocenters. The summed E-state index contributed by atoms with van der Waals surface area (Å²) in [6, 6.07) is 12.8. The minimum absolute atomic E-state index is 0.0123. The molecule has 0 spiro atoms. The summed E-state index contributed by atoms with van der Waals surface area (Å²) in [7, 11) is 0. The average Bonchev–Trinajstić information content (AvgIpc) is 3.31. The number of hydrogen-bond acceptors (Lipinski definition) is 8. The lowest BCUT2D eigenvalue weighted by atomic mass is 10.1. The maximum absolute atomic E-state index is 14.5. The van der Waals surface area contributed by atoms with Gasteiger partial charge in [-0.3, -0.25) is 9.89 Å². The van der Waals surface area contributed by atoms with E-state index in [1.54, 1.807) is 18.2 Å². The molecule has 0 saturated heterocycles. The molecule has 10 nitrogen and oxygen atoms in total. The van der Waals surface area contributed by atoms with Gasteiger partial charge in [0.2, 0.25) is 5.91 Å². The standard InChI is InChI=1S/C27H32FN7O3/c1-4-35(5-2)13-14-38-27-29-17-22(28)26(32-27)30-19-9-12-23-21(16-19)25(34-33-23)31-24(36)15-18-7-10-20(11-8-18)37-6-3/h7-12,16-17H,4-6,13-15H2,1-3H3,(H,29,30,32)(H2,31,33,34,36). The molecule has 1 amide bonds. The van der Waals surface area contributed by atoms with Crippen LogP contribution in [0.4, 0.5) is 21.7 Å². The highest BCUT2D eigenvalue weighted by Gasteiger charge is 2.13. The Morgan fingerprint density at radius 1 is 1.05 bits per heavy atom. The van der Waals surface area contributed by atoms with E-state index in [0.717, 1.165) is 42.7 Å². The van der Waals surface area contributed by atoms with Gasteiger partial charge in [0.25, 0.3) is 0 Å². The molecule has 2 heterocycles. The number of halogens is 1. The largest absolute Gasteiger partial charge is 0.494 e. The Morgan fingerprint density at radius 3 is 2.58 bits per heavy atom. The number of nitrogens with zero attached hydrogens (tertiary/aromatic N) is 4. The van der Waals surface area contributed by atoms with Crippen molar-refractivity contribution in [2.75, 3.05) is 43.5 Å².